The highest BCUT2D eigenvalue weighted by atomic mass is 16.5. The zero-order valence-electron chi connectivity index (χ0n) is 17.1. The highest BCUT2D eigenvalue weighted by Gasteiger charge is 2.14. The zero-order valence-corrected chi connectivity index (χ0v) is 17.1. The predicted molar refractivity (Wildman–Crippen MR) is 108 cm³/mol. The summed E-state index contributed by atoms with van der Waals surface area (Å²) in [5, 5.41) is 2.89. The first-order valence-corrected chi connectivity index (χ1v) is 9.13. The molecule has 152 valence electrons. The maximum atomic E-state index is 12.4. The Morgan fingerprint density at radius 2 is 1.57 bits per heavy atom. The highest BCUT2D eigenvalue weighted by Crippen LogP contribution is 2.29. The SMILES string of the molecule is CCOc1ccc(C[NH+](C)CC(=O)Nc2ccc(OC)c(OC)c2)cc1OC. The number of carbonyl (C=O) groups excluding carboxylic acids is 1. The van der Waals surface area contributed by atoms with E-state index in [2.05, 4.69) is 5.32 Å². The number of amides is 1. The topological polar surface area (TPSA) is 70.5 Å². The third kappa shape index (κ3) is 5.79. The number of quaternary nitrogens is 1. The minimum Gasteiger partial charge on any atom is -0.493 e. The maximum Gasteiger partial charge on any atom is 0.279 e. The van der Waals surface area contributed by atoms with Gasteiger partial charge < -0.3 is 29.2 Å². The van der Waals surface area contributed by atoms with Crippen LogP contribution in [0.15, 0.2) is 36.4 Å². The molecule has 0 radical (unpaired) electrons. The van der Waals surface area contributed by atoms with Crippen LogP contribution in [0.4, 0.5) is 5.69 Å². The molecule has 0 saturated carbocycles. The van der Waals surface area contributed by atoms with Gasteiger partial charge in [-0.25, -0.2) is 0 Å². The summed E-state index contributed by atoms with van der Waals surface area (Å²) in [5.41, 5.74) is 1.73. The van der Waals surface area contributed by atoms with E-state index in [-0.39, 0.29) is 5.91 Å². The Kier molecular flexibility index (Phi) is 7.95. The molecule has 0 fully saturated rings. The molecule has 7 heteroatoms. The van der Waals surface area contributed by atoms with Crippen LogP contribution in [0.3, 0.4) is 0 Å². The molecule has 0 bridgehead atoms. The molecule has 2 rings (SSSR count). The van der Waals surface area contributed by atoms with Gasteiger partial charge in [0.15, 0.2) is 29.5 Å². The predicted octanol–water partition coefficient (Wildman–Crippen LogP) is 1.76. The summed E-state index contributed by atoms with van der Waals surface area (Å²) in [6, 6.07) is 11.1. The summed E-state index contributed by atoms with van der Waals surface area (Å²) in [6.07, 6.45) is 0. The van der Waals surface area contributed by atoms with Gasteiger partial charge in [-0.3, -0.25) is 4.79 Å². The molecule has 2 aromatic rings. The number of benzene rings is 2. The quantitative estimate of drug-likeness (QED) is 0.648. The lowest BCUT2D eigenvalue weighted by molar-refractivity contribution is -0.885. The van der Waals surface area contributed by atoms with Crippen molar-refractivity contribution in [2.45, 2.75) is 13.5 Å². The van der Waals surface area contributed by atoms with Crippen molar-refractivity contribution in [2.24, 2.45) is 0 Å². The van der Waals surface area contributed by atoms with Crippen molar-refractivity contribution >= 4 is 11.6 Å². The van der Waals surface area contributed by atoms with E-state index in [9.17, 15) is 4.79 Å². The van der Waals surface area contributed by atoms with Crippen LogP contribution in [0.5, 0.6) is 23.0 Å². The summed E-state index contributed by atoms with van der Waals surface area (Å²) in [6.45, 7) is 3.52. The lowest BCUT2D eigenvalue weighted by atomic mass is 10.2. The van der Waals surface area contributed by atoms with E-state index in [4.69, 9.17) is 18.9 Å². The molecular weight excluding hydrogens is 360 g/mol. The van der Waals surface area contributed by atoms with Crippen molar-refractivity contribution in [3.63, 3.8) is 0 Å². The first-order valence-electron chi connectivity index (χ1n) is 9.13. The monoisotopic (exact) mass is 389 g/mol. The number of hydrogen-bond acceptors (Lipinski definition) is 5. The molecule has 7 nitrogen and oxygen atoms in total. The molecule has 0 spiro atoms. The summed E-state index contributed by atoms with van der Waals surface area (Å²) < 4.78 is 21.4. The van der Waals surface area contributed by atoms with Gasteiger partial charge in [-0.05, 0) is 37.3 Å². The van der Waals surface area contributed by atoms with E-state index < -0.39 is 0 Å². The minimum absolute atomic E-state index is 0.0809. The number of methoxy groups -OCH3 is 3. The fourth-order valence-electron chi connectivity index (χ4n) is 2.90. The number of carbonyl (C=O) groups is 1. The van der Waals surface area contributed by atoms with E-state index in [0.29, 0.717) is 42.6 Å². The Bertz CT molecular complexity index is 794. The molecule has 0 aliphatic heterocycles. The van der Waals surface area contributed by atoms with E-state index in [1.807, 2.05) is 32.2 Å². The fraction of sp³-hybridized carbons (Fsp3) is 0.381. The largest absolute Gasteiger partial charge is 0.493 e. The third-order valence-electron chi connectivity index (χ3n) is 4.16. The second-order valence-corrected chi connectivity index (χ2v) is 6.35. The lowest BCUT2D eigenvalue weighted by Gasteiger charge is -2.16. The van der Waals surface area contributed by atoms with E-state index in [1.54, 1.807) is 39.5 Å². The van der Waals surface area contributed by atoms with Crippen LogP contribution in [-0.2, 0) is 11.3 Å². The maximum absolute atomic E-state index is 12.4. The van der Waals surface area contributed by atoms with Gasteiger partial charge in [-0.1, -0.05) is 0 Å². The van der Waals surface area contributed by atoms with Gasteiger partial charge >= 0.3 is 0 Å². The molecule has 0 aliphatic rings. The van der Waals surface area contributed by atoms with Crippen molar-refractivity contribution in [1.29, 1.82) is 0 Å². The molecule has 2 aromatic carbocycles. The van der Waals surface area contributed by atoms with Gasteiger partial charge in [0.25, 0.3) is 5.91 Å². The van der Waals surface area contributed by atoms with Crippen molar-refractivity contribution in [1.82, 2.24) is 0 Å². The molecule has 0 aromatic heterocycles. The number of rotatable bonds is 10. The Labute approximate surface area is 166 Å². The summed E-state index contributed by atoms with van der Waals surface area (Å²) in [4.78, 5) is 13.4. The molecule has 0 saturated heterocycles. The average Bonchev–Trinajstić information content (AvgIpc) is 2.68. The van der Waals surface area contributed by atoms with Crippen LogP contribution in [0, 0.1) is 0 Å². The smallest absolute Gasteiger partial charge is 0.279 e. The first kappa shape index (κ1) is 21.4. The van der Waals surface area contributed by atoms with Gasteiger partial charge in [0.2, 0.25) is 0 Å². The van der Waals surface area contributed by atoms with Gasteiger partial charge in [0.05, 0.1) is 35.0 Å². The summed E-state index contributed by atoms with van der Waals surface area (Å²) in [5.74, 6) is 2.53. The first-order chi connectivity index (χ1) is 13.5. The van der Waals surface area contributed by atoms with Gasteiger partial charge in [0, 0.05) is 17.3 Å². The number of hydrogen-bond donors (Lipinski definition) is 2. The van der Waals surface area contributed by atoms with E-state index in [1.165, 1.54) is 0 Å². The molecule has 0 aliphatic carbocycles. The van der Waals surface area contributed by atoms with Gasteiger partial charge in [-0.15, -0.1) is 0 Å². The average molecular weight is 389 g/mol. The molecule has 1 unspecified atom stereocenters. The third-order valence-corrected chi connectivity index (χ3v) is 4.16. The zero-order chi connectivity index (χ0) is 20.5. The second kappa shape index (κ2) is 10.4. The minimum atomic E-state index is -0.0809. The van der Waals surface area contributed by atoms with Crippen molar-refractivity contribution in [3.8, 4) is 23.0 Å². The van der Waals surface area contributed by atoms with Crippen LogP contribution >= 0.6 is 0 Å². The van der Waals surface area contributed by atoms with Crippen LogP contribution in [0.25, 0.3) is 0 Å². The molecule has 1 atom stereocenters. The fourth-order valence-corrected chi connectivity index (χ4v) is 2.90. The number of ether oxygens (including phenoxy) is 4. The standard InChI is InChI=1S/C21H28N2O5/c1-6-28-18-9-7-15(11-19(18)26-4)13-23(2)14-21(24)22-16-8-10-17(25-3)20(12-16)27-5/h7-12H,6,13-14H2,1-5H3,(H,22,24)/p+1. The van der Waals surface area contributed by atoms with Crippen LogP contribution in [0.1, 0.15) is 12.5 Å². The summed E-state index contributed by atoms with van der Waals surface area (Å²) >= 11 is 0. The van der Waals surface area contributed by atoms with Gasteiger partial charge in [0.1, 0.15) is 6.54 Å². The molecular formula is C21H29N2O5+. The normalized spacial score (nSPS) is 11.5. The second-order valence-electron chi connectivity index (χ2n) is 6.35. The Balaban J connectivity index is 1.95. The number of anilines is 1. The van der Waals surface area contributed by atoms with Gasteiger partial charge in [-0.2, -0.15) is 0 Å². The molecule has 2 N–H and O–H groups in total. The van der Waals surface area contributed by atoms with E-state index in [0.717, 1.165) is 16.2 Å². The van der Waals surface area contributed by atoms with Crippen molar-refractivity contribution < 1.29 is 28.6 Å². The number of likely N-dealkylation sites (N-methyl/N-ethyl adjacent to an activating group) is 1. The van der Waals surface area contributed by atoms with Crippen molar-refractivity contribution in [2.75, 3.05) is 46.8 Å². The van der Waals surface area contributed by atoms with Crippen molar-refractivity contribution in [3.05, 3.63) is 42.0 Å². The Morgan fingerprint density at radius 1 is 0.929 bits per heavy atom. The molecule has 1 amide bonds. The van der Waals surface area contributed by atoms with Crippen LogP contribution < -0.4 is 29.2 Å². The van der Waals surface area contributed by atoms with E-state index >= 15 is 0 Å². The van der Waals surface area contributed by atoms with Crippen LogP contribution in [0.2, 0.25) is 0 Å². The molecule has 0 heterocycles. The number of nitrogens with one attached hydrogen (secondary N) is 2. The van der Waals surface area contributed by atoms with Crippen LogP contribution in [-0.4, -0.2) is 47.4 Å². The summed E-state index contributed by atoms with van der Waals surface area (Å²) in [7, 11) is 6.72. The molecule has 28 heavy (non-hydrogen) atoms. The lowest BCUT2D eigenvalue weighted by Crippen LogP contribution is -3.08. The Morgan fingerprint density at radius 3 is 2.21 bits per heavy atom. The Hall–Kier alpha value is -2.93. The highest BCUT2D eigenvalue weighted by molar-refractivity contribution is 5.91.